The number of ether oxygens (including phenoxy) is 2. The Labute approximate surface area is 118 Å². The summed E-state index contributed by atoms with van der Waals surface area (Å²) in [5, 5.41) is 0. The Balaban J connectivity index is 2.18. The summed E-state index contributed by atoms with van der Waals surface area (Å²) < 4.78 is 10.7. The molecule has 1 aromatic rings. The zero-order chi connectivity index (χ0) is 14.7. The molecule has 2 N–H and O–H groups in total. The number of rotatable bonds is 4. The molecule has 2 atom stereocenters. The number of nitrogen functional groups attached to an aromatic ring is 1. The predicted octanol–water partition coefficient (Wildman–Crippen LogP) is 0.712. The fourth-order valence-corrected chi connectivity index (χ4v) is 2.46. The summed E-state index contributed by atoms with van der Waals surface area (Å²) in [6.45, 7) is 3.03. The van der Waals surface area contributed by atoms with Gasteiger partial charge in [0.1, 0.15) is 18.0 Å². The Morgan fingerprint density at radius 1 is 1.35 bits per heavy atom. The van der Waals surface area contributed by atoms with Gasteiger partial charge in [0.15, 0.2) is 0 Å². The van der Waals surface area contributed by atoms with E-state index in [9.17, 15) is 4.79 Å². The van der Waals surface area contributed by atoms with E-state index in [1.807, 2.05) is 6.92 Å². The molecule has 1 amide bonds. The first-order chi connectivity index (χ1) is 9.58. The molecule has 2 heterocycles. The fraction of sp³-hybridized carbons (Fsp3) is 0.571. The quantitative estimate of drug-likeness (QED) is 0.878. The summed E-state index contributed by atoms with van der Waals surface area (Å²) in [6, 6.07) is 3.41. The second-order valence-corrected chi connectivity index (χ2v) is 4.88. The number of nitrogens with two attached hydrogens (primary N) is 1. The average Bonchev–Trinajstić information content (AvgIpc) is 2.88. The lowest BCUT2D eigenvalue weighted by Crippen LogP contribution is -2.30. The van der Waals surface area contributed by atoms with Gasteiger partial charge in [-0.3, -0.25) is 4.79 Å². The average molecular weight is 279 g/mol. The lowest BCUT2D eigenvalue weighted by atomic mass is 10.1. The number of carbonyl (C=O) groups excluding carboxylic acids is 1. The molecule has 1 fully saturated rings. The zero-order valence-electron chi connectivity index (χ0n) is 12.1. The number of methoxy groups -OCH3 is 2. The molecule has 6 nitrogen and oxygen atoms in total. The highest BCUT2D eigenvalue weighted by Gasteiger charge is 2.35. The van der Waals surface area contributed by atoms with Crippen LogP contribution >= 0.6 is 0 Å². The van der Waals surface area contributed by atoms with Gasteiger partial charge < -0.3 is 20.1 Å². The van der Waals surface area contributed by atoms with Gasteiger partial charge in [0, 0.05) is 38.6 Å². The van der Waals surface area contributed by atoms with Crippen molar-refractivity contribution in [1.29, 1.82) is 0 Å². The van der Waals surface area contributed by atoms with Gasteiger partial charge in [-0.1, -0.05) is 6.92 Å². The molecule has 20 heavy (non-hydrogen) atoms. The molecule has 6 heteroatoms. The van der Waals surface area contributed by atoms with Gasteiger partial charge in [-0.25, -0.2) is 4.98 Å². The number of amides is 1. The number of hydrogen-bond acceptors (Lipinski definition) is 5. The predicted molar refractivity (Wildman–Crippen MR) is 75.5 cm³/mol. The minimum absolute atomic E-state index is 0.0598. The first-order valence-electron chi connectivity index (χ1n) is 6.70. The number of anilines is 1. The Bertz CT molecular complexity index is 481. The van der Waals surface area contributed by atoms with Crippen LogP contribution in [0.2, 0.25) is 0 Å². The van der Waals surface area contributed by atoms with E-state index in [0.717, 1.165) is 12.1 Å². The van der Waals surface area contributed by atoms with Crippen LogP contribution in [0.3, 0.4) is 0 Å². The van der Waals surface area contributed by atoms with E-state index in [1.54, 1.807) is 31.3 Å². The molecule has 0 saturated carbocycles. The van der Waals surface area contributed by atoms with Gasteiger partial charge in [-0.15, -0.1) is 0 Å². The minimum Gasteiger partial charge on any atom is -0.384 e. The summed E-state index contributed by atoms with van der Waals surface area (Å²) in [5.74, 6) is 0.314. The summed E-state index contributed by atoms with van der Waals surface area (Å²) in [6.07, 6.45) is 0.565. The standard InChI is InChI=1S/C14H21N3O3/c1-4-10-5-9(6-13(15)16-10)14(18)17-7-11(19-2)12(8-17)20-3/h5-6,11-12H,4,7-8H2,1-3H3,(H2,15,16). The Morgan fingerprint density at radius 2 is 1.95 bits per heavy atom. The fourth-order valence-electron chi connectivity index (χ4n) is 2.46. The van der Waals surface area contributed by atoms with Gasteiger partial charge >= 0.3 is 0 Å². The zero-order valence-corrected chi connectivity index (χ0v) is 12.1. The van der Waals surface area contributed by atoms with Crippen LogP contribution in [-0.2, 0) is 15.9 Å². The van der Waals surface area contributed by atoms with Crippen LogP contribution in [0, 0.1) is 0 Å². The molecule has 0 radical (unpaired) electrons. The highest BCUT2D eigenvalue weighted by atomic mass is 16.5. The highest BCUT2D eigenvalue weighted by Crippen LogP contribution is 2.19. The van der Waals surface area contributed by atoms with Crippen molar-refractivity contribution >= 4 is 11.7 Å². The Hall–Kier alpha value is -1.66. The molecule has 1 saturated heterocycles. The summed E-state index contributed by atoms with van der Waals surface area (Å²) in [5.41, 5.74) is 7.14. The van der Waals surface area contributed by atoms with E-state index in [1.165, 1.54) is 0 Å². The van der Waals surface area contributed by atoms with E-state index in [0.29, 0.717) is 24.5 Å². The van der Waals surface area contributed by atoms with Crippen molar-refractivity contribution in [2.24, 2.45) is 0 Å². The summed E-state index contributed by atoms with van der Waals surface area (Å²) in [4.78, 5) is 18.4. The van der Waals surface area contributed by atoms with Gasteiger partial charge in [0.2, 0.25) is 0 Å². The maximum Gasteiger partial charge on any atom is 0.254 e. The van der Waals surface area contributed by atoms with Crippen molar-refractivity contribution in [3.63, 3.8) is 0 Å². The number of aromatic nitrogens is 1. The summed E-state index contributed by atoms with van der Waals surface area (Å²) in [7, 11) is 3.26. The van der Waals surface area contributed by atoms with E-state index in [-0.39, 0.29) is 18.1 Å². The number of likely N-dealkylation sites (tertiary alicyclic amines) is 1. The number of nitrogens with zero attached hydrogens (tertiary/aromatic N) is 2. The molecule has 0 aromatic carbocycles. The third-order valence-electron chi connectivity index (χ3n) is 3.62. The topological polar surface area (TPSA) is 77.7 Å². The van der Waals surface area contributed by atoms with Gasteiger partial charge in [0.05, 0.1) is 0 Å². The first-order valence-corrected chi connectivity index (χ1v) is 6.70. The molecule has 110 valence electrons. The SMILES string of the molecule is CCc1cc(C(=O)N2CC(OC)C(OC)C2)cc(N)n1. The van der Waals surface area contributed by atoms with Crippen LogP contribution in [-0.4, -0.2) is 55.3 Å². The molecule has 2 rings (SSSR count). The smallest absolute Gasteiger partial charge is 0.254 e. The minimum atomic E-state index is -0.0891. The molecule has 1 aliphatic rings. The normalized spacial score (nSPS) is 22.2. The molecule has 1 aromatic heterocycles. The van der Waals surface area contributed by atoms with Crippen molar-refractivity contribution < 1.29 is 14.3 Å². The van der Waals surface area contributed by atoms with Crippen molar-refractivity contribution in [1.82, 2.24) is 9.88 Å². The van der Waals surface area contributed by atoms with E-state index in [4.69, 9.17) is 15.2 Å². The van der Waals surface area contributed by atoms with Crippen molar-refractivity contribution in [2.75, 3.05) is 33.0 Å². The maximum absolute atomic E-state index is 12.5. The first kappa shape index (κ1) is 14.7. The van der Waals surface area contributed by atoms with E-state index in [2.05, 4.69) is 4.98 Å². The number of carbonyl (C=O) groups is 1. The molecule has 0 spiro atoms. The molecular formula is C14H21N3O3. The van der Waals surface area contributed by atoms with Crippen molar-refractivity contribution in [3.05, 3.63) is 23.4 Å². The largest absolute Gasteiger partial charge is 0.384 e. The van der Waals surface area contributed by atoms with Gasteiger partial charge in [-0.05, 0) is 18.6 Å². The Morgan fingerprint density at radius 3 is 2.45 bits per heavy atom. The molecular weight excluding hydrogens is 258 g/mol. The third-order valence-corrected chi connectivity index (χ3v) is 3.62. The van der Waals surface area contributed by atoms with Crippen LogP contribution in [0.5, 0.6) is 0 Å². The maximum atomic E-state index is 12.5. The van der Waals surface area contributed by atoms with Crippen LogP contribution in [0.25, 0.3) is 0 Å². The second-order valence-electron chi connectivity index (χ2n) is 4.88. The lowest BCUT2D eigenvalue weighted by Gasteiger charge is -2.16. The van der Waals surface area contributed by atoms with Crippen molar-refractivity contribution in [2.45, 2.75) is 25.6 Å². The van der Waals surface area contributed by atoms with Crippen LogP contribution in [0.15, 0.2) is 12.1 Å². The summed E-state index contributed by atoms with van der Waals surface area (Å²) >= 11 is 0. The number of pyridine rings is 1. The second kappa shape index (κ2) is 6.19. The van der Waals surface area contributed by atoms with Gasteiger partial charge in [0.25, 0.3) is 5.91 Å². The third kappa shape index (κ3) is 2.91. The van der Waals surface area contributed by atoms with E-state index < -0.39 is 0 Å². The Kier molecular flexibility index (Phi) is 4.57. The van der Waals surface area contributed by atoms with Gasteiger partial charge in [-0.2, -0.15) is 0 Å². The number of aryl methyl sites for hydroxylation is 1. The van der Waals surface area contributed by atoms with Crippen molar-refractivity contribution in [3.8, 4) is 0 Å². The molecule has 2 unspecified atom stereocenters. The van der Waals surface area contributed by atoms with E-state index >= 15 is 0 Å². The van der Waals surface area contributed by atoms with Crippen LogP contribution < -0.4 is 5.73 Å². The van der Waals surface area contributed by atoms with Crippen LogP contribution in [0.4, 0.5) is 5.82 Å². The lowest BCUT2D eigenvalue weighted by molar-refractivity contribution is -0.00461. The van der Waals surface area contributed by atoms with Crippen LogP contribution in [0.1, 0.15) is 23.0 Å². The molecule has 1 aliphatic heterocycles. The monoisotopic (exact) mass is 279 g/mol. The molecule has 0 bridgehead atoms. The number of hydrogen-bond donors (Lipinski definition) is 1. The molecule has 0 aliphatic carbocycles. The highest BCUT2D eigenvalue weighted by molar-refractivity contribution is 5.95.